The smallest absolute Gasteiger partial charge is 0.303 e. The van der Waals surface area contributed by atoms with Crippen molar-refractivity contribution >= 4 is 11.8 Å². The number of ether oxygens (including phenoxy) is 1. The number of aliphatic hydroxyl groups is 1. The Labute approximate surface area is 151 Å². The summed E-state index contributed by atoms with van der Waals surface area (Å²) < 4.78 is 5.92. The number of carbonyl (C=O) groups excluding carboxylic acids is 1. The standard InChI is InChI=1S/C20H34O5/c1-3-5-7-9-15(21)10-11-16-17(13-20(23)24)18(22)14-19(16)25-12-8-6-4-2/h10-11,16-19,22H,3-9,12-14H2,1-2H3,(H,23,24). The van der Waals surface area contributed by atoms with Crippen molar-refractivity contribution in [3.8, 4) is 0 Å². The number of unbranched alkanes of at least 4 members (excludes halogenated alkanes) is 4. The minimum atomic E-state index is -0.927. The van der Waals surface area contributed by atoms with E-state index < -0.39 is 18.0 Å². The second-order valence-corrected chi connectivity index (χ2v) is 7.04. The number of carboxylic acid groups (broad SMARTS) is 1. The molecular weight excluding hydrogens is 320 g/mol. The van der Waals surface area contributed by atoms with Crippen molar-refractivity contribution in [2.75, 3.05) is 6.61 Å². The average molecular weight is 354 g/mol. The Morgan fingerprint density at radius 1 is 1.12 bits per heavy atom. The molecule has 144 valence electrons. The monoisotopic (exact) mass is 354 g/mol. The molecule has 0 saturated heterocycles. The van der Waals surface area contributed by atoms with Gasteiger partial charge in [0.15, 0.2) is 5.78 Å². The van der Waals surface area contributed by atoms with E-state index >= 15 is 0 Å². The van der Waals surface area contributed by atoms with E-state index in [-0.39, 0.29) is 24.2 Å². The molecular formula is C20H34O5. The molecule has 1 saturated carbocycles. The Kier molecular flexibility index (Phi) is 10.7. The molecule has 0 bridgehead atoms. The molecule has 5 heteroatoms. The van der Waals surface area contributed by atoms with Gasteiger partial charge in [-0.3, -0.25) is 9.59 Å². The van der Waals surface area contributed by atoms with Gasteiger partial charge in [0, 0.05) is 31.3 Å². The summed E-state index contributed by atoms with van der Waals surface area (Å²) in [5, 5.41) is 19.4. The van der Waals surface area contributed by atoms with Crippen molar-refractivity contribution in [2.24, 2.45) is 11.8 Å². The van der Waals surface area contributed by atoms with Gasteiger partial charge in [-0.1, -0.05) is 45.6 Å². The number of allylic oxidation sites excluding steroid dienone is 1. The van der Waals surface area contributed by atoms with E-state index in [1.807, 2.05) is 0 Å². The molecule has 1 fully saturated rings. The number of aliphatic carboxylic acids is 1. The number of aliphatic hydroxyl groups excluding tert-OH is 1. The predicted octanol–water partition coefficient (Wildman–Crippen LogP) is 3.74. The molecule has 1 aliphatic carbocycles. The minimum Gasteiger partial charge on any atom is -0.481 e. The summed E-state index contributed by atoms with van der Waals surface area (Å²) in [7, 11) is 0. The van der Waals surface area contributed by atoms with E-state index in [0.29, 0.717) is 19.4 Å². The summed E-state index contributed by atoms with van der Waals surface area (Å²) in [5.41, 5.74) is 0. The highest BCUT2D eigenvalue weighted by Gasteiger charge is 2.42. The number of hydrogen-bond acceptors (Lipinski definition) is 4. The van der Waals surface area contributed by atoms with Gasteiger partial charge in [0.1, 0.15) is 0 Å². The Morgan fingerprint density at radius 3 is 2.44 bits per heavy atom. The number of carboxylic acids is 1. The van der Waals surface area contributed by atoms with E-state index in [0.717, 1.165) is 38.5 Å². The quantitative estimate of drug-likeness (QED) is 0.389. The molecule has 0 heterocycles. The SMILES string of the molecule is CCCCCOC1CC(O)C(CC(=O)O)C1C=CC(=O)CCCCC. The molecule has 0 aromatic rings. The van der Waals surface area contributed by atoms with Gasteiger partial charge in [-0.25, -0.2) is 0 Å². The number of rotatable bonds is 13. The zero-order valence-corrected chi connectivity index (χ0v) is 15.7. The van der Waals surface area contributed by atoms with Crippen molar-refractivity contribution in [3.05, 3.63) is 12.2 Å². The molecule has 0 radical (unpaired) electrons. The maximum atomic E-state index is 12.0. The van der Waals surface area contributed by atoms with Crippen molar-refractivity contribution in [3.63, 3.8) is 0 Å². The zero-order valence-electron chi connectivity index (χ0n) is 15.7. The molecule has 2 N–H and O–H groups in total. The summed E-state index contributed by atoms with van der Waals surface area (Å²) in [6, 6.07) is 0. The van der Waals surface area contributed by atoms with Gasteiger partial charge in [-0.15, -0.1) is 0 Å². The Hall–Kier alpha value is -1.20. The fourth-order valence-electron chi connectivity index (χ4n) is 3.46. The van der Waals surface area contributed by atoms with Gasteiger partial charge in [-0.05, 0) is 18.9 Å². The molecule has 1 rings (SSSR count). The Bertz CT molecular complexity index is 432. The van der Waals surface area contributed by atoms with Crippen LogP contribution in [0.1, 0.15) is 71.6 Å². The molecule has 25 heavy (non-hydrogen) atoms. The highest BCUT2D eigenvalue weighted by molar-refractivity contribution is 5.89. The largest absolute Gasteiger partial charge is 0.481 e. The van der Waals surface area contributed by atoms with Crippen LogP contribution < -0.4 is 0 Å². The van der Waals surface area contributed by atoms with Crippen molar-refractivity contribution in [1.29, 1.82) is 0 Å². The van der Waals surface area contributed by atoms with E-state index in [1.54, 1.807) is 12.2 Å². The van der Waals surface area contributed by atoms with E-state index in [1.165, 1.54) is 0 Å². The first-order chi connectivity index (χ1) is 12.0. The van der Waals surface area contributed by atoms with Crippen molar-refractivity contribution in [2.45, 2.75) is 83.8 Å². The van der Waals surface area contributed by atoms with E-state index in [4.69, 9.17) is 9.84 Å². The third kappa shape index (κ3) is 8.15. The van der Waals surface area contributed by atoms with Gasteiger partial charge < -0.3 is 14.9 Å². The van der Waals surface area contributed by atoms with Crippen LogP contribution >= 0.6 is 0 Å². The summed E-state index contributed by atoms with van der Waals surface area (Å²) in [6.45, 7) is 4.83. The van der Waals surface area contributed by atoms with Crippen LogP contribution in [0.3, 0.4) is 0 Å². The Morgan fingerprint density at radius 2 is 1.80 bits per heavy atom. The topological polar surface area (TPSA) is 83.8 Å². The molecule has 0 aliphatic heterocycles. The first kappa shape index (κ1) is 21.8. The second-order valence-electron chi connectivity index (χ2n) is 7.04. The summed E-state index contributed by atoms with van der Waals surface area (Å²) in [4.78, 5) is 23.1. The summed E-state index contributed by atoms with van der Waals surface area (Å²) >= 11 is 0. The van der Waals surface area contributed by atoms with Gasteiger partial charge in [0.25, 0.3) is 0 Å². The molecule has 0 amide bonds. The number of carbonyl (C=O) groups is 2. The zero-order chi connectivity index (χ0) is 18.7. The van der Waals surface area contributed by atoms with Gasteiger partial charge in [0.05, 0.1) is 18.6 Å². The van der Waals surface area contributed by atoms with E-state index in [9.17, 15) is 14.7 Å². The maximum absolute atomic E-state index is 12.0. The Balaban J connectivity index is 2.68. The summed E-state index contributed by atoms with van der Waals surface area (Å²) in [6.07, 6.45) is 9.42. The van der Waals surface area contributed by atoms with Crippen LogP contribution in [0.4, 0.5) is 0 Å². The molecule has 4 atom stereocenters. The lowest BCUT2D eigenvalue weighted by Crippen LogP contribution is -2.25. The van der Waals surface area contributed by atoms with Crippen LogP contribution in [-0.2, 0) is 14.3 Å². The highest BCUT2D eigenvalue weighted by Crippen LogP contribution is 2.38. The number of hydrogen-bond donors (Lipinski definition) is 2. The third-order valence-electron chi connectivity index (χ3n) is 4.91. The third-order valence-corrected chi connectivity index (χ3v) is 4.91. The highest BCUT2D eigenvalue weighted by atomic mass is 16.5. The lowest BCUT2D eigenvalue weighted by atomic mass is 9.90. The van der Waals surface area contributed by atoms with Crippen molar-refractivity contribution < 1.29 is 24.5 Å². The van der Waals surface area contributed by atoms with Crippen LogP contribution in [0.5, 0.6) is 0 Å². The molecule has 4 unspecified atom stereocenters. The molecule has 0 spiro atoms. The first-order valence-electron chi connectivity index (χ1n) is 9.72. The van der Waals surface area contributed by atoms with Crippen LogP contribution in [0, 0.1) is 11.8 Å². The van der Waals surface area contributed by atoms with Gasteiger partial charge in [0.2, 0.25) is 0 Å². The number of ketones is 1. The first-order valence-corrected chi connectivity index (χ1v) is 9.72. The molecule has 1 aliphatic rings. The van der Waals surface area contributed by atoms with Crippen LogP contribution in [0.15, 0.2) is 12.2 Å². The van der Waals surface area contributed by atoms with Crippen LogP contribution in [0.2, 0.25) is 0 Å². The van der Waals surface area contributed by atoms with Crippen molar-refractivity contribution in [1.82, 2.24) is 0 Å². The minimum absolute atomic E-state index is 0.0636. The molecule has 0 aromatic heterocycles. The van der Waals surface area contributed by atoms with Crippen LogP contribution in [0.25, 0.3) is 0 Å². The van der Waals surface area contributed by atoms with E-state index in [2.05, 4.69) is 13.8 Å². The molecule has 0 aromatic carbocycles. The maximum Gasteiger partial charge on any atom is 0.303 e. The predicted molar refractivity (Wildman–Crippen MR) is 97.4 cm³/mol. The average Bonchev–Trinajstić information content (AvgIpc) is 2.85. The van der Waals surface area contributed by atoms with Crippen LogP contribution in [-0.4, -0.2) is 40.8 Å². The lowest BCUT2D eigenvalue weighted by Gasteiger charge is -2.21. The fourth-order valence-corrected chi connectivity index (χ4v) is 3.46. The normalized spacial score (nSPS) is 26.4. The molecule has 5 nitrogen and oxygen atoms in total. The summed E-state index contributed by atoms with van der Waals surface area (Å²) in [5.74, 6) is -1.48. The lowest BCUT2D eigenvalue weighted by molar-refractivity contribution is -0.139. The van der Waals surface area contributed by atoms with Gasteiger partial charge in [-0.2, -0.15) is 0 Å². The second kappa shape index (κ2) is 12.2. The van der Waals surface area contributed by atoms with Gasteiger partial charge >= 0.3 is 5.97 Å². The fraction of sp³-hybridized carbons (Fsp3) is 0.800.